The summed E-state index contributed by atoms with van der Waals surface area (Å²) in [5.41, 5.74) is 1.03. The Balaban J connectivity index is 1.24. The average Bonchev–Trinajstić information content (AvgIpc) is 3.44. The number of rotatable bonds is 5. The number of hydrogen-bond acceptors (Lipinski definition) is 4. The topological polar surface area (TPSA) is 63.0 Å². The Labute approximate surface area is 165 Å². The summed E-state index contributed by atoms with van der Waals surface area (Å²) in [6, 6.07) is 13.8. The largest absolute Gasteiger partial charge is 0.461 e. The fourth-order valence-electron chi connectivity index (χ4n) is 3.81. The first kappa shape index (κ1) is 18.7. The maximum absolute atomic E-state index is 12.5. The minimum Gasteiger partial charge on any atom is -0.461 e. The van der Waals surface area contributed by atoms with Crippen LogP contribution in [0.25, 0.3) is 11.3 Å². The second-order valence-corrected chi connectivity index (χ2v) is 7.34. The number of hydrogen-bond donors (Lipinski definition) is 0. The van der Waals surface area contributed by atoms with Gasteiger partial charge in [-0.25, -0.2) is 0 Å². The van der Waals surface area contributed by atoms with E-state index in [9.17, 15) is 9.59 Å². The van der Waals surface area contributed by atoms with Gasteiger partial charge in [-0.15, -0.1) is 0 Å². The van der Waals surface area contributed by atoms with Gasteiger partial charge in [0.2, 0.25) is 5.91 Å². The first-order valence-electron chi connectivity index (χ1n) is 10.0. The number of ether oxygens (including phenoxy) is 1. The standard InChI is InChI=1S/C22H26N2O4/c25-21(11-9-18-8-10-19(28-18)17-5-2-1-3-6-17)23-12-14-24(15-13-23)22(26)20-7-4-16-27-20/h1-3,5-6,8,10,20H,4,7,9,11-16H2. The van der Waals surface area contributed by atoms with Gasteiger partial charge in [0.15, 0.2) is 0 Å². The molecule has 28 heavy (non-hydrogen) atoms. The van der Waals surface area contributed by atoms with E-state index in [2.05, 4.69) is 0 Å². The minimum absolute atomic E-state index is 0.0774. The van der Waals surface area contributed by atoms with Gasteiger partial charge in [-0.2, -0.15) is 0 Å². The molecule has 6 heteroatoms. The molecule has 148 valence electrons. The van der Waals surface area contributed by atoms with Crippen LogP contribution in [0.15, 0.2) is 46.9 Å². The zero-order valence-electron chi connectivity index (χ0n) is 16.0. The van der Waals surface area contributed by atoms with E-state index >= 15 is 0 Å². The van der Waals surface area contributed by atoms with Crippen molar-refractivity contribution in [1.29, 1.82) is 0 Å². The summed E-state index contributed by atoms with van der Waals surface area (Å²) in [6.45, 7) is 3.02. The molecule has 1 aromatic carbocycles. The molecule has 1 unspecified atom stereocenters. The van der Waals surface area contributed by atoms with Crippen molar-refractivity contribution in [2.45, 2.75) is 31.8 Å². The van der Waals surface area contributed by atoms with Gasteiger partial charge < -0.3 is 19.0 Å². The van der Waals surface area contributed by atoms with Crippen LogP contribution in [-0.2, 0) is 20.7 Å². The van der Waals surface area contributed by atoms with Crippen molar-refractivity contribution in [1.82, 2.24) is 9.80 Å². The SMILES string of the molecule is O=C(CCc1ccc(-c2ccccc2)o1)N1CCN(C(=O)C2CCCO2)CC1. The predicted molar refractivity (Wildman–Crippen MR) is 105 cm³/mol. The second kappa shape index (κ2) is 8.61. The lowest BCUT2D eigenvalue weighted by atomic mass is 10.2. The lowest BCUT2D eigenvalue weighted by molar-refractivity contribution is -0.146. The van der Waals surface area contributed by atoms with Crippen molar-refractivity contribution < 1.29 is 18.7 Å². The summed E-state index contributed by atoms with van der Waals surface area (Å²) >= 11 is 0. The van der Waals surface area contributed by atoms with Crippen molar-refractivity contribution in [3.8, 4) is 11.3 Å². The number of aryl methyl sites for hydroxylation is 1. The van der Waals surface area contributed by atoms with Gasteiger partial charge in [0.25, 0.3) is 5.91 Å². The molecule has 2 aliphatic rings. The number of furan rings is 1. The number of nitrogens with zero attached hydrogens (tertiary/aromatic N) is 2. The molecule has 0 spiro atoms. The molecule has 2 fully saturated rings. The van der Waals surface area contributed by atoms with Crippen LogP contribution in [0.2, 0.25) is 0 Å². The maximum atomic E-state index is 12.5. The summed E-state index contributed by atoms with van der Waals surface area (Å²) in [5, 5.41) is 0. The molecule has 3 heterocycles. The van der Waals surface area contributed by atoms with Gasteiger partial charge in [-0.1, -0.05) is 30.3 Å². The number of carbonyl (C=O) groups is 2. The van der Waals surface area contributed by atoms with E-state index in [0.717, 1.165) is 29.9 Å². The molecule has 2 aliphatic heterocycles. The highest BCUT2D eigenvalue weighted by atomic mass is 16.5. The molecule has 0 N–H and O–H groups in total. The van der Waals surface area contributed by atoms with Crippen molar-refractivity contribution in [2.24, 2.45) is 0 Å². The fourth-order valence-corrected chi connectivity index (χ4v) is 3.81. The summed E-state index contributed by atoms with van der Waals surface area (Å²) in [7, 11) is 0. The van der Waals surface area contributed by atoms with Crippen LogP contribution in [0.3, 0.4) is 0 Å². The van der Waals surface area contributed by atoms with Gasteiger partial charge >= 0.3 is 0 Å². The summed E-state index contributed by atoms with van der Waals surface area (Å²) in [4.78, 5) is 28.6. The molecule has 2 saturated heterocycles. The van der Waals surface area contributed by atoms with Crippen molar-refractivity contribution in [2.75, 3.05) is 32.8 Å². The molecule has 0 radical (unpaired) electrons. The van der Waals surface area contributed by atoms with Crippen LogP contribution < -0.4 is 0 Å². The molecule has 6 nitrogen and oxygen atoms in total. The lowest BCUT2D eigenvalue weighted by Crippen LogP contribution is -2.52. The third-order valence-electron chi connectivity index (χ3n) is 5.45. The van der Waals surface area contributed by atoms with Crippen molar-refractivity contribution in [3.63, 3.8) is 0 Å². The molecular formula is C22H26N2O4. The van der Waals surface area contributed by atoms with E-state index in [4.69, 9.17) is 9.15 Å². The quantitative estimate of drug-likeness (QED) is 0.798. The van der Waals surface area contributed by atoms with Crippen LogP contribution in [0.1, 0.15) is 25.0 Å². The summed E-state index contributed by atoms with van der Waals surface area (Å²) in [5.74, 6) is 1.83. The molecule has 0 bridgehead atoms. The minimum atomic E-state index is -0.278. The van der Waals surface area contributed by atoms with Crippen LogP contribution in [0, 0.1) is 0 Å². The first-order chi connectivity index (χ1) is 13.7. The molecule has 2 aromatic rings. The smallest absolute Gasteiger partial charge is 0.251 e. The van der Waals surface area contributed by atoms with E-state index in [1.807, 2.05) is 52.3 Å². The highest BCUT2D eigenvalue weighted by molar-refractivity contribution is 5.82. The summed E-state index contributed by atoms with van der Waals surface area (Å²) < 4.78 is 11.4. The van der Waals surface area contributed by atoms with Gasteiger partial charge in [0.1, 0.15) is 17.6 Å². The van der Waals surface area contributed by atoms with Gasteiger partial charge in [-0.3, -0.25) is 9.59 Å². The zero-order valence-corrected chi connectivity index (χ0v) is 16.0. The van der Waals surface area contributed by atoms with Gasteiger partial charge in [0.05, 0.1) is 0 Å². The van der Waals surface area contributed by atoms with E-state index in [1.54, 1.807) is 0 Å². The Kier molecular flexibility index (Phi) is 5.76. The molecular weight excluding hydrogens is 356 g/mol. The van der Waals surface area contributed by atoms with Crippen LogP contribution in [-0.4, -0.2) is 60.5 Å². The molecule has 0 saturated carbocycles. The van der Waals surface area contributed by atoms with Gasteiger partial charge in [-0.05, 0) is 25.0 Å². The third-order valence-corrected chi connectivity index (χ3v) is 5.45. The van der Waals surface area contributed by atoms with Crippen LogP contribution >= 0.6 is 0 Å². The molecule has 4 rings (SSSR count). The fraction of sp³-hybridized carbons (Fsp3) is 0.455. The number of carbonyl (C=O) groups excluding carboxylic acids is 2. The molecule has 2 amide bonds. The van der Waals surface area contributed by atoms with E-state index in [-0.39, 0.29) is 17.9 Å². The molecule has 1 atom stereocenters. The van der Waals surface area contributed by atoms with Crippen molar-refractivity contribution in [3.05, 3.63) is 48.2 Å². The Hall–Kier alpha value is -2.60. The Morgan fingerprint density at radius 3 is 2.43 bits per heavy atom. The van der Waals surface area contributed by atoms with Crippen molar-refractivity contribution >= 4 is 11.8 Å². The predicted octanol–water partition coefficient (Wildman–Crippen LogP) is 2.73. The highest BCUT2D eigenvalue weighted by Gasteiger charge is 2.31. The average molecular weight is 382 g/mol. The first-order valence-corrected chi connectivity index (χ1v) is 10.0. The molecule has 1 aromatic heterocycles. The monoisotopic (exact) mass is 382 g/mol. The zero-order chi connectivity index (χ0) is 19.3. The van der Waals surface area contributed by atoms with E-state index in [1.165, 1.54) is 0 Å². The Morgan fingerprint density at radius 2 is 1.71 bits per heavy atom. The summed E-state index contributed by atoms with van der Waals surface area (Å²) in [6.07, 6.45) is 2.49. The van der Waals surface area contributed by atoms with Gasteiger partial charge in [0, 0.05) is 51.2 Å². The molecule has 0 aliphatic carbocycles. The third kappa shape index (κ3) is 4.28. The highest BCUT2D eigenvalue weighted by Crippen LogP contribution is 2.22. The van der Waals surface area contributed by atoms with E-state index < -0.39 is 0 Å². The second-order valence-electron chi connectivity index (χ2n) is 7.34. The number of amides is 2. The number of piperazine rings is 1. The maximum Gasteiger partial charge on any atom is 0.251 e. The Morgan fingerprint density at radius 1 is 0.964 bits per heavy atom. The van der Waals surface area contributed by atoms with Crippen LogP contribution in [0.4, 0.5) is 0 Å². The van der Waals surface area contributed by atoms with E-state index in [0.29, 0.717) is 45.6 Å². The normalized spacial score (nSPS) is 19.8. The number of benzene rings is 1. The Bertz CT molecular complexity index is 803. The van der Waals surface area contributed by atoms with Crippen LogP contribution in [0.5, 0.6) is 0 Å². The lowest BCUT2D eigenvalue weighted by Gasteiger charge is -2.35.